The van der Waals surface area contributed by atoms with Crippen LogP contribution in [0.2, 0.25) is 0 Å². The van der Waals surface area contributed by atoms with Crippen molar-refractivity contribution in [3.8, 4) is 0 Å². The topological polar surface area (TPSA) is 228 Å². The molecule has 56 heavy (non-hydrogen) atoms. The van der Waals surface area contributed by atoms with Gasteiger partial charge in [0.15, 0.2) is 12.6 Å². The quantitative estimate of drug-likeness (QED) is 0.134. The molecule has 22 atom stereocenters. The van der Waals surface area contributed by atoms with Crippen LogP contribution in [0.4, 0.5) is 0 Å². The van der Waals surface area contributed by atoms with Gasteiger partial charge in [-0.1, -0.05) is 53.7 Å². The van der Waals surface area contributed by atoms with E-state index < -0.39 is 108 Å². The first-order valence-corrected chi connectivity index (χ1v) is 21.0. The molecule has 0 aromatic heterocycles. The van der Waals surface area contributed by atoms with E-state index in [1.807, 2.05) is 6.92 Å². The number of hydrogen-bond donors (Lipinski definition) is 9. The van der Waals surface area contributed by atoms with Crippen molar-refractivity contribution < 1.29 is 69.6 Å². The Kier molecular flexibility index (Phi) is 10.2. The first-order chi connectivity index (χ1) is 26.1. The summed E-state index contributed by atoms with van der Waals surface area (Å²) >= 11 is 0. The third-order valence-corrected chi connectivity index (χ3v) is 18.1. The summed E-state index contributed by atoms with van der Waals surface area (Å²) in [7, 11) is 0. The van der Waals surface area contributed by atoms with Gasteiger partial charge in [0.05, 0.1) is 49.8 Å². The van der Waals surface area contributed by atoms with Crippen LogP contribution in [0.3, 0.4) is 0 Å². The summed E-state index contributed by atoms with van der Waals surface area (Å²) in [6.45, 7) is 14.5. The Morgan fingerprint density at radius 2 is 1.43 bits per heavy atom. The van der Waals surface area contributed by atoms with Gasteiger partial charge in [-0.2, -0.15) is 0 Å². The minimum absolute atomic E-state index is 0.0127. The highest BCUT2D eigenvalue weighted by molar-refractivity contribution is 5.36. The van der Waals surface area contributed by atoms with Gasteiger partial charge in [-0.15, -0.1) is 0 Å². The summed E-state index contributed by atoms with van der Waals surface area (Å²) in [6, 6.07) is 0. The Balaban J connectivity index is 1.08. The summed E-state index contributed by atoms with van der Waals surface area (Å²) in [5.41, 5.74) is -3.10. The second kappa shape index (κ2) is 13.6. The van der Waals surface area contributed by atoms with Crippen molar-refractivity contribution in [2.24, 2.45) is 50.2 Å². The summed E-state index contributed by atoms with van der Waals surface area (Å²) in [5, 5.41) is 98.1. The molecule has 5 aliphatic carbocycles. The Bertz CT molecular complexity index is 1530. The van der Waals surface area contributed by atoms with Crippen LogP contribution >= 0.6 is 0 Å². The monoisotopic (exact) mass is 796 g/mol. The first kappa shape index (κ1) is 41.9. The molecule has 9 N–H and O–H groups in total. The lowest BCUT2D eigenvalue weighted by molar-refractivity contribution is -0.376. The average Bonchev–Trinajstić information content (AvgIpc) is 3.41. The minimum atomic E-state index is -1.75. The molecule has 1 spiro atoms. The van der Waals surface area contributed by atoms with Gasteiger partial charge in [0.25, 0.3) is 0 Å². The summed E-state index contributed by atoms with van der Waals surface area (Å²) in [4.78, 5) is 0. The predicted molar refractivity (Wildman–Crippen MR) is 198 cm³/mol. The van der Waals surface area contributed by atoms with Crippen molar-refractivity contribution in [1.82, 2.24) is 0 Å². The van der Waals surface area contributed by atoms with Crippen LogP contribution in [0.5, 0.6) is 0 Å². The number of fused-ring (bicyclic) bond motifs is 4. The fourth-order valence-electron chi connectivity index (χ4n) is 14.3. The molecule has 2 bridgehead atoms. The van der Waals surface area contributed by atoms with Crippen LogP contribution in [0, 0.1) is 50.2 Å². The van der Waals surface area contributed by atoms with Gasteiger partial charge >= 0.3 is 0 Å². The molecule has 0 unspecified atom stereocenters. The van der Waals surface area contributed by atoms with E-state index in [1.165, 1.54) is 0 Å². The number of allylic oxidation sites excluding steroid dienone is 1. The van der Waals surface area contributed by atoms with Crippen molar-refractivity contribution >= 4 is 0 Å². The fourth-order valence-corrected chi connectivity index (χ4v) is 14.3. The lowest BCUT2D eigenvalue weighted by Gasteiger charge is -2.73. The number of ether oxygens (including phenoxy) is 5. The number of rotatable bonds is 6. The zero-order chi connectivity index (χ0) is 40.8. The van der Waals surface area contributed by atoms with E-state index in [1.54, 1.807) is 6.92 Å². The van der Waals surface area contributed by atoms with Crippen LogP contribution in [0.1, 0.15) is 93.4 Å². The zero-order valence-corrected chi connectivity index (χ0v) is 34.0. The average molecular weight is 797 g/mol. The maximum absolute atomic E-state index is 12.1. The number of hydrogen-bond acceptors (Lipinski definition) is 14. The summed E-state index contributed by atoms with van der Waals surface area (Å²) in [5.74, 6) is 0.146. The van der Waals surface area contributed by atoms with E-state index >= 15 is 0 Å². The molecule has 0 amide bonds. The van der Waals surface area contributed by atoms with Crippen molar-refractivity contribution in [3.63, 3.8) is 0 Å². The van der Waals surface area contributed by atoms with Crippen molar-refractivity contribution in [3.05, 3.63) is 12.2 Å². The number of aliphatic hydroxyl groups is 9. The molecule has 0 aromatic carbocycles. The molecule has 0 radical (unpaired) electrons. The van der Waals surface area contributed by atoms with Crippen LogP contribution in [0.15, 0.2) is 12.2 Å². The summed E-state index contributed by atoms with van der Waals surface area (Å²) in [6.07, 6.45) is -6.61. The second-order valence-corrected chi connectivity index (χ2v) is 21.0. The molecule has 8 aliphatic rings. The predicted octanol–water partition coefficient (Wildman–Crippen LogP) is 0.748. The van der Waals surface area contributed by atoms with Gasteiger partial charge in [0.1, 0.15) is 42.7 Å². The molecule has 3 saturated heterocycles. The molecule has 3 aliphatic heterocycles. The maximum Gasteiger partial charge on any atom is 0.187 e. The molecule has 14 nitrogen and oxygen atoms in total. The Morgan fingerprint density at radius 1 is 0.714 bits per heavy atom. The molecule has 320 valence electrons. The van der Waals surface area contributed by atoms with Crippen LogP contribution in [-0.2, 0) is 23.7 Å². The minimum Gasteiger partial charge on any atom is -0.396 e. The lowest BCUT2D eigenvalue weighted by Crippen LogP contribution is -2.73. The van der Waals surface area contributed by atoms with E-state index in [2.05, 4.69) is 46.8 Å². The molecule has 14 heteroatoms. The SMILES string of the molecule is C[C@H]1O[C@@H](O[C@H]2CC[C@@]3(C)[C@@H](CC[C@]4(C)[C@@H]3C=C[C@]35OC[C@@]6(C[C@H](O)C(C)(C)C[C@H]63)[C@@H](O)C[C@]54C)[C@]2(C)CO)[C@H](O[C@@H]2O[C@H](CO)[C@@H](O)[C@H](O)[C@H]2O)[C@@H](O)[C@H]1O. The zero-order valence-electron chi connectivity index (χ0n) is 34.0. The van der Waals surface area contributed by atoms with E-state index in [0.717, 1.165) is 25.7 Å². The Morgan fingerprint density at radius 3 is 2.11 bits per heavy atom. The molecular weight excluding hydrogens is 728 g/mol. The fraction of sp³-hybridized carbons (Fsp3) is 0.952. The van der Waals surface area contributed by atoms with E-state index in [4.69, 9.17) is 23.7 Å². The molecule has 0 aromatic rings. The van der Waals surface area contributed by atoms with Crippen molar-refractivity contribution in [2.45, 2.75) is 179 Å². The molecule has 3 heterocycles. The lowest BCUT2D eigenvalue weighted by atomic mass is 9.32. The molecule has 8 rings (SSSR count). The van der Waals surface area contributed by atoms with Crippen molar-refractivity contribution in [2.75, 3.05) is 19.8 Å². The highest BCUT2D eigenvalue weighted by Crippen LogP contribution is 2.79. The highest BCUT2D eigenvalue weighted by atomic mass is 16.8. The summed E-state index contributed by atoms with van der Waals surface area (Å²) < 4.78 is 31.5. The van der Waals surface area contributed by atoms with Gasteiger partial charge < -0.3 is 69.6 Å². The van der Waals surface area contributed by atoms with Crippen LogP contribution in [-0.4, -0.2) is 151 Å². The van der Waals surface area contributed by atoms with Gasteiger partial charge in [-0.05, 0) is 80.0 Å². The highest BCUT2D eigenvalue weighted by Gasteiger charge is 2.79. The van der Waals surface area contributed by atoms with E-state index in [9.17, 15) is 46.0 Å². The third-order valence-electron chi connectivity index (χ3n) is 18.1. The van der Waals surface area contributed by atoms with Gasteiger partial charge in [0.2, 0.25) is 0 Å². The molecular formula is C42H68O14. The standard InChI is InChI=1S/C42H68O14/c1-20-28(47)31(50)33(56-34-32(51)30(49)29(48)21(17-43)54-34)35(53-20)55-27-10-11-37(4)22(38(27,5)18-44)8-12-39(6)23(37)9-13-42-24-14-36(2,3)25(45)16-41(24,19-52-42)26(46)15-40(39,42)7/h9,13,20-35,43-51H,8,10-12,14-19H2,1-7H3/t20-,21-,22-,23-,24-,25+,26+,27+,28+,29-,30+,31+,32-,33-,34+,35+,37+,38+,39-,40+,41-,42+/m1/s1. The second-order valence-electron chi connectivity index (χ2n) is 21.0. The largest absolute Gasteiger partial charge is 0.396 e. The normalized spacial score (nSPS) is 60.1. The molecule has 4 saturated carbocycles. The van der Waals surface area contributed by atoms with Gasteiger partial charge in [-0.3, -0.25) is 0 Å². The first-order valence-electron chi connectivity index (χ1n) is 21.0. The van der Waals surface area contributed by atoms with Crippen LogP contribution < -0.4 is 0 Å². The van der Waals surface area contributed by atoms with Gasteiger partial charge in [-0.25, -0.2) is 0 Å². The maximum atomic E-state index is 12.1. The Hall–Kier alpha value is -0.820. The molecule has 7 fully saturated rings. The van der Waals surface area contributed by atoms with Gasteiger partial charge in [0, 0.05) is 22.2 Å². The Labute approximate surface area is 330 Å². The van der Waals surface area contributed by atoms with E-state index in [0.29, 0.717) is 25.9 Å². The number of aliphatic hydroxyl groups excluding tert-OH is 9. The smallest absolute Gasteiger partial charge is 0.187 e. The van der Waals surface area contributed by atoms with Crippen LogP contribution in [0.25, 0.3) is 0 Å². The third kappa shape index (κ3) is 5.37. The van der Waals surface area contributed by atoms with E-state index in [-0.39, 0.29) is 40.6 Å². The van der Waals surface area contributed by atoms with Crippen molar-refractivity contribution in [1.29, 1.82) is 0 Å².